The Labute approximate surface area is 122 Å². The summed E-state index contributed by atoms with van der Waals surface area (Å²) in [5.41, 5.74) is 2.15. The van der Waals surface area contributed by atoms with Crippen molar-refractivity contribution in [3.05, 3.63) is 23.8 Å². The lowest BCUT2D eigenvalue weighted by Gasteiger charge is -2.19. The lowest BCUT2D eigenvalue weighted by atomic mass is 9.99. The molecule has 1 aromatic carbocycles. The van der Waals surface area contributed by atoms with Crippen molar-refractivity contribution >= 4 is 15.7 Å². The van der Waals surface area contributed by atoms with Crippen LogP contribution in [0.25, 0.3) is 0 Å². The van der Waals surface area contributed by atoms with Crippen molar-refractivity contribution in [2.24, 2.45) is 11.8 Å². The molecule has 1 heterocycles. The molecular weight excluding hydrogens is 272 g/mol. The molecule has 0 saturated heterocycles. The van der Waals surface area contributed by atoms with E-state index in [4.69, 9.17) is 0 Å². The van der Waals surface area contributed by atoms with E-state index < -0.39 is 10.0 Å². The highest BCUT2D eigenvalue weighted by atomic mass is 32.2. The van der Waals surface area contributed by atoms with Crippen LogP contribution in [0.5, 0.6) is 0 Å². The topological polar surface area (TPSA) is 58.2 Å². The fourth-order valence-electron chi connectivity index (χ4n) is 2.18. The van der Waals surface area contributed by atoms with E-state index in [1.54, 1.807) is 12.1 Å². The summed E-state index contributed by atoms with van der Waals surface area (Å²) >= 11 is 0. The Morgan fingerprint density at radius 2 is 2.05 bits per heavy atom. The highest BCUT2D eigenvalue weighted by Gasteiger charge is 2.18. The van der Waals surface area contributed by atoms with Gasteiger partial charge in [0.25, 0.3) is 0 Å². The summed E-state index contributed by atoms with van der Waals surface area (Å²) in [4.78, 5) is 0.371. The maximum absolute atomic E-state index is 12.3. The van der Waals surface area contributed by atoms with E-state index in [-0.39, 0.29) is 0 Å². The molecule has 0 bridgehead atoms. The molecule has 0 radical (unpaired) electrons. The van der Waals surface area contributed by atoms with Gasteiger partial charge in [-0.3, -0.25) is 0 Å². The molecule has 1 aromatic rings. The van der Waals surface area contributed by atoms with Crippen LogP contribution in [0.4, 0.5) is 5.69 Å². The van der Waals surface area contributed by atoms with Crippen LogP contribution in [0.2, 0.25) is 0 Å². The molecule has 4 nitrogen and oxygen atoms in total. The summed E-state index contributed by atoms with van der Waals surface area (Å²) in [6.07, 6.45) is 1.99. The molecule has 1 aliphatic rings. The zero-order valence-electron chi connectivity index (χ0n) is 12.4. The Balaban J connectivity index is 2.13. The SMILES string of the molecule is CC(C)C(C)CNS(=O)(=O)c1ccc2c(c1)CCCN2. The van der Waals surface area contributed by atoms with Crippen molar-refractivity contribution in [2.75, 3.05) is 18.4 Å². The third-order valence-electron chi connectivity index (χ3n) is 4.06. The van der Waals surface area contributed by atoms with E-state index in [1.165, 1.54) is 0 Å². The van der Waals surface area contributed by atoms with Gasteiger partial charge in [-0.05, 0) is 48.4 Å². The summed E-state index contributed by atoms with van der Waals surface area (Å²) in [6, 6.07) is 5.35. The normalized spacial score (nSPS) is 16.6. The third-order valence-corrected chi connectivity index (χ3v) is 5.48. The standard InChI is InChI=1S/C15H24N2O2S/c1-11(2)12(3)10-17-20(18,19)14-6-7-15-13(9-14)5-4-8-16-15/h6-7,9,11-12,16-17H,4-5,8,10H2,1-3H3. The third kappa shape index (κ3) is 3.52. The van der Waals surface area contributed by atoms with Gasteiger partial charge < -0.3 is 5.32 Å². The quantitative estimate of drug-likeness (QED) is 0.878. The molecular formula is C15H24N2O2S. The molecule has 1 aliphatic heterocycles. The van der Waals surface area contributed by atoms with Gasteiger partial charge in [-0.1, -0.05) is 20.8 Å². The molecule has 0 aromatic heterocycles. The second-order valence-corrected chi connectivity index (χ2v) is 7.69. The number of hydrogen-bond donors (Lipinski definition) is 2. The lowest BCUT2D eigenvalue weighted by molar-refractivity contribution is 0.414. The Kier molecular flexibility index (Phi) is 4.70. The van der Waals surface area contributed by atoms with Crippen molar-refractivity contribution in [1.82, 2.24) is 4.72 Å². The van der Waals surface area contributed by atoms with Gasteiger partial charge >= 0.3 is 0 Å². The minimum Gasteiger partial charge on any atom is -0.385 e. The first kappa shape index (κ1) is 15.3. The van der Waals surface area contributed by atoms with E-state index in [2.05, 4.69) is 30.8 Å². The summed E-state index contributed by atoms with van der Waals surface area (Å²) in [5.74, 6) is 0.787. The molecule has 5 heteroatoms. The first-order chi connectivity index (χ1) is 9.40. The fourth-order valence-corrected chi connectivity index (χ4v) is 3.37. The number of rotatable bonds is 5. The first-order valence-corrected chi connectivity index (χ1v) is 8.75. The molecule has 0 amide bonds. The smallest absolute Gasteiger partial charge is 0.240 e. The summed E-state index contributed by atoms with van der Waals surface area (Å²) in [7, 11) is -3.40. The second kappa shape index (κ2) is 6.14. The number of fused-ring (bicyclic) bond motifs is 1. The van der Waals surface area contributed by atoms with E-state index >= 15 is 0 Å². The van der Waals surface area contributed by atoms with Crippen LogP contribution >= 0.6 is 0 Å². The van der Waals surface area contributed by atoms with Crippen LogP contribution < -0.4 is 10.0 Å². The Hall–Kier alpha value is -1.07. The van der Waals surface area contributed by atoms with Gasteiger partial charge in [-0.25, -0.2) is 13.1 Å². The molecule has 2 rings (SSSR count). The monoisotopic (exact) mass is 296 g/mol. The van der Waals surface area contributed by atoms with Gasteiger partial charge in [0.1, 0.15) is 0 Å². The number of hydrogen-bond acceptors (Lipinski definition) is 3. The van der Waals surface area contributed by atoms with Crippen LogP contribution in [0.15, 0.2) is 23.1 Å². The lowest BCUT2D eigenvalue weighted by Crippen LogP contribution is -2.30. The van der Waals surface area contributed by atoms with Crippen LogP contribution in [0, 0.1) is 11.8 Å². The minimum atomic E-state index is -3.40. The number of sulfonamides is 1. The van der Waals surface area contributed by atoms with Gasteiger partial charge in [0, 0.05) is 18.8 Å². The molecule has 1 atom stereocenters. The Bertz CT molecular complexity index is 567. The van der Waals surface area contributed by atoms with Crippen LogP contribution in [-0.4, -0.2) is 21.5 Å². The zero-order valence-corrected chi connectivity index (χ0v) is 13.3. The van der Waals surface area contributed by atoms with Crippen molar-refractivity contribution < 1.29 is 8.42 Å². The number of anilines is 1. The highest BCUT2D eigenvalue weighted by Crippen LogP contribution is 2.25. The molecule has 0 saturated carbocycles. The fraction of sp³-hybridized carbons (Fsp3) is 0.600. The van der Waals surface area contributed by atoms with Crippen LogP contribution in [0.1, 0.15) is 32.8 Å². The molecule has 0 spiro atoms. The van der Waals surface area contributed by atoms with E-state index in [1.807, 2.05) is 6.07 Å². The molecule has 1 unspecified atom stereocenters. The van der Waals surface area contributed by atoms with E-state index in [9.17, 15) is 8.42 Å². The minimum absolute atomic E-state index is 0.323. The Morgan fingerprint density at radius 1 is 1.30 bits per heavy atom. The van der Waals surface area contributed by atoms with E-state index in [0.717, 1.165) is 30.6 Å². The van der Waals surface area contributed by atoms with Crippen molar-refractivity contribution in [3.63, 3.8) is 0 Å². The maximum atomic E-state index is 12.3. The zero-order chi connectivity index (χ0) is 14.8. The van der Waals surface area contributed by atoms with Crippen LogP contribution in [-0.2, 0) is 16.4 Å². The van der Waals surface area contributed by atoms with Gasteiger partial charge in [0.2, 0.25) is 10.0 Å². The van der Waals surface area contributed by atoms with Gasteiger partial charge in [-0.15, -0.1) is 0 Å². The molecule has 0 fully saturated rings. The largest absolute Gasteiger partial charge is 0.385 e. The summed E-state index contributed by atoms with van der Waals surface area (Å²) in [6.45, 7) is 7.70. The summed E-state index contributed by atoms with van der Waals surface area (Å²) < 4.78 is 27.3. The molecule has 2 N–H and O–H groups in total. The molecule has 0 aliphatic carbocycles. The molecule has 20 heavy (non-hydrogen) atoms. The second-order valence-electron chi connectivity index (χ2n) is 5.92. The van der Waals surface area contributed by atoms with Crippen molar-refractivity contribution in [1.29, 1.82) is 0 Å². The summed E-state index contributed by atoms with van der Waals surface area (Å²) in [5, 5.41) is 3.29. The molecule has 112 valence electrons. The predicted molar refractivity (Wildman–Crippen MR) is 82.4 cm³/mol. The average Bonchev–Trinajstić information content (AvgIpc) is 2.44. The highest BCUT2D eigenvalue weighted by molar-refractivity contribution is 7.89. The van der Waals surface area contributed by atoms with Gasteiger partial charge in [0.05, 0.1) is 4.90 Å². The first-order valence-electron chi connectivity index (χ1n) is 7.26. The van der Waals surface area contributed by atoms with Gasteiger partial charge in [0.15, 0.2) is 0 Å². The maximum Gasteiger partial charge on any atom is 0.240 e. The van der Waals surface area contributed by atoms with Gasteiger partial charge in [-0.2, -0.15) is 0 Å². The Morgan fingerprint density at radius 3 is 2.75 bits per heavy atom. The number of nitrogens with one attached hydrogen (secondary N) is 2. The van der Waals surface area contributed by atoms with Crippen LogP contribution in [0.3, 0.4) is 0 Å². The number of aryl methyl sites for hydroxylation is 1. The predicted octanol–water partition coefficient (Wildman–Crippen LogP) is 2.62. The number of benzene rings is 1. The van der Waals surface area contributed by atoms with Crippen molar-refractivity contribution in [3.8, 4) is 0 Å². The van der Waals surface area contributed by atoms with Crippen molar-refractivity contribution in [2.45, 2.75) is 38.5 Å². The average molecular weight is 296 g/mol. The van der Waals surface area contributed by atoms with E-state index in [0.29, 0.717) is 23.3 Å².